The molecule has 120 valence electrons. The normalized spacial score (nSPS) is 12.5. The molecule has 0 spiro atoms. The second-order valence-corrected chi connectivity index (χ2v) is 6.13. The van der Waals surface area contributed by atoms with Crippen LogP contribution in [0.3, 0.4) is 0 Å². The monoisotopic (exact) mass is 321 g/mol. The lowest BCUT2D eigenvalue weighted by molar-refractivity contribution is -0.274. The van der Waals surface area contributed by atoms with Crippen molar-refractivity contribution in [1.29, 1.82) is 0 Å². The van der Waals surface area contributed by atoms with Crippen LogP contribution in [0.4, 0.5) is 13.2 Å². The second kappa shape index (κ2) is 7.94. The number of rotatable bonds is 8. The molecule has 0 saturated carbocycles. The number of nitrogens with one attached hydrogen (secondary N) is 1. The topological polar surface area (TPSA) is 21.3 Å². The fraction of sp³-hybridized carbons (Fsp3) is 0.600. The summed E-state index contributed by atoms with van der Waals surface area (Å²) in [5.41, 5.74) is 0.511. The van der Waals surface area contributed by atoms with Crippen molar-refractivity contribution in [2.45, 2.75) is 44.3 Å². The van der Waals surface area contributed by atoms with Gasteiger partial charge in [0.15, 0.2) is 0 Å². The summed E-state index contributed by atoms with van der Waals surface area (Å²) < 4.78 is 41.2. The molecular weight excluding hydrogens is 299 g/mol. The first-order valence-electron chi connectivity index (χ1n) is 6.95. The predicted octanol–water partition coefficient (Wildman–Crippen LogP) is 4.60. The van der Waals surface area contributed by atoms with E-state index in [2.05, 4.69) is 30.2 Å². The van der Waals surface area contributed by atoms with Crippen molar-refractivity contribution in [3.8, 4) is 5.75 Å². The van der Waals surface area contributed by atoms with Crippen molar-refractivity contribution in [2.24, 2.45) is 0 Å². The van der Waals surface area contributed by atoms with Gasteiger partial charge < -0.3 is 10.1 Å². The van der Waals surface area contributed by atoms with Crippen molar-refractivity contribution < 1.29 is 17.9 Å². The number of halogens is 3. The highest BCUT2D eigenvalue weighted by Gasteiger charge is 2.32. The molecule has 1 N–H and O–H groups in total. The molecule has 0 unspecified atom stereocenters. The third-order valence-corrected chi connectivity index (χ3v) is 5.27. The summed E-state index contributed by atoms with van der Waals surface area (Å²) in [6, 6.07) is 6.23. The van der Waals surface area contributed by atoms with Crippen LogP contribution in [0.25, 0.3) is 0 Å². The number of para-hydroxylation sites is 1. The molecule has 0 aliphatic carbocycles. The minimum Gasteiger partial charge on any atom is -0.405 e. The van der Waals surface area contributed by atoms with Crippen molar-refractivity contribution >= 4 is 11.8 Å². The van der Waals surface area contributed by atoms with E-state index in [1.165, 1.54) is 12.1 Å². The largest absolute Gasteiger partial charge is 0.573 e. The van der Waals surface area contributed by atoms with Crippen LogP contribution in [-0.2, 0) is 6.54 Å². The number of alkyl halides is 3. The number of benzene rings is 1. The third-order valence-electron chi connectivity index (χ3n) is 3.68. The van der Waals surface area contributed by atoms with E-state index in [0.717, 1.165) is 19.4 Å². The maximum Gasteiger partial charge on any atom is 0.573 e. The Morgan fingerprint density at radius 1 is 1.14 bits per heavy atom. The molecule has 0 bridgehead atoms. The second-order valence-electron chi connectivity index (χ2n) is 4.85. The minimum absolute atomic E-state index is 0.125. The van der Waals surface area contributed by atoms with Crippen molar-refractivity contribution in [1.82, 2.24) is 5.32 Å². The van der Waals surface area contributed by atoms with E-state index in [9.17, 15) is 13.2 Å². The van der Waals surface area contributed by atoms with Crippen molar-refractivity contribution in [2.75, 3.05) is 12.8 Å². The van der Waals surface area contributed by atoms with Gasteiger partial charge in [-0.1, -0.05) is 32.0 Å². The maximum absolute atomic E-state index is 12.4. The highest BCUT2D eigenvalue weighted by Crippen LogP contribution is 2.30. The molecule has 1 aromatic rings. The first-order valence-corrected chi connectivity index (χ1v) is 8.18. The van der Waals surface area contributed by atoms with E-state index < -0.39 is 6.36 Å². The van der Waals surface area contributed by atoms with E-state index in [-0.39, 0.29) is 10.5 Å². The molecule has 0 amide bonds. The molecule has 21 heavy (non-hydrogen) atoms. The average Bonchev–Trinajstić information content (AvgIpc) is 2.44. The SMILES string of the molecule is CCC(CC)(CNCc1ccccc1OC(F)(F)F)SC. The fourth-order valence-corrected chi connectivity index (χ4v) is 2.98. The van der Waals surface area contributed by atoms with Crippen LogP contribution in [0.15, 0.2) is 24.3 Å². The van der Waals surface area contributed by atoms with E-state index >= 15 is 0 Å². The molecule has 1 rings (SSSR count). The van der Waals surface area contributed by atoms with Gasteiger partial charge in [-0.25, -0.2) is 0 Å². The standard InChI is InChI=1S/C15H22F3NOS/c1-4-14(5-2,21-3)11-19-10-12-8-6-7-9-13(12)20-15(16,17)18/h6-9,19H,4-5,10-11H2,1-3H3. The first-order chi connectivity index (χ1) is 9.86. The summed E-state index contributed by atoms with van der Waals surface area (Å²) in [5.74, 6) is -0.139. The molecule has 0 aliphatic heterocycles. The lowest BCUT2D eigenvalue weighted by Crippen LogP contribution is -2.36. The van der Waals surface area contributed by atoms with Gasteiger partial charge in [-0.15, -0.1) is 13.2 Å². The molecule has 0 radical (unpaired) electrons. The van der Waals surface area contributed by atoms with Gasteiger partial charge in [0.05, 0.1) is 0 Å². The summed E-state index contributed by atoms with van der Waals surface area (Å²) in [6.07, 6.45) is -0.571. The van der Waals surface area contributed by atoms with E-state index in [4.69, 9.17) is 0 Å². The van der Waals surface area contributed by atoms with Gasteiger partial charge in [-0.2, -0.15) is 11.8 Å². The Hall–Kier alpha value is -0.880. The van der Waals surface area contributed by atoms with Crippen LogP contribution >= 0.6 is 11.8 Å². The number of hydrogen-bond acceptors (Lipinski definition) is 3. The zero-order valence-corrected chi connectivity index (χ0v) is 13.4. The summed E-state index contributed by atoms with van der Waals surface area (Å²) in [4.78, 5) is 0. The Balaban J connectivity index is 2.67. The Kier molecular flexibility index (Phi) is 6.87. The van der Waals surface area contributed by atoms with Gasteiger partial charge in [0.25, 0.3) is 0 Å². The highest BCUT2D eigenvalue weighted by atomic mass is 32.2. The molecule has 0 aliphatic rings. The molecule has 2 nitrogen and oxygen atoms in total. The smallest absolute Gasteiger partial charge is 0.405 e. The van der Waals surface area contributed by atoms with Crippen molar-refractivity contribution in [3.05, 3.63) is 29.8 Å². The highest BCUT2D eigenvalue weighted by molar-refractivity contribution is 8.00. The zero-order valence-electron chi connectivity index (χ0n) is 12.6. The van der Waals surface area contributed by atoms with Gasteiger partial charge in [0, 0.05) is 23.4 Å². The van der Waals surface area contributed by atoms with Crippen LogP contribution in [0.2, 0.25) is 0 Å². The molecular formula is C15H22F3NOS. The van der Waals surface area contributed by atoms with Gasteiger partial charge in [0.2, 0.25) is 0 Å². The van der Waals surface area contributed by atoms with E-state index in [0.29, 0.717) is 12.1 Å². The Morgan fingerprint density at radius 3 is 2.29 bits per heavy atom. The molecule has 0 atom stereocenters. The zero-order chi connectivity index (χ0) is 15.9. The van der Waals surface area contributed by atoms with Crippen LogP contribution < -0.4 is 10.1 Å². The van der Waals surface area contributed by atoms with Gasteiger partial charge in [-0.05, 0) is 25.2 Å². The minimum atomic E-state index is -4.66. The lowest BCUT2D eigenvalue weighted by Gasteiger charge is -2.30. The quantitative estimate of drug-likeness (QED) is 0.756. The molecule has 6 heteroatoms. The summed E-state index contributed by atoms with van der Waals surface area (Å²) in [5, 5.41) is 3.25. The van der Waals surface area contributed by atoms with E-state index in [1.807, 2.05) is 0 Å². The van der Waals surface area contributed by atoms with Crippen LogP contribution in [0.5, 0.6) is 5.75 Å². The van der Waals surface area contributed by atoms with Gasteiger partial charge in [0.1, 0.15) is 5.75 Å². The Labute approximate surface area is 128 Å². The molecule has 1 aromatic carbocycles. The third kappa shape index (κ3) is 5.79. The number of ether oxygens (including phenoxy) is 1. The van der Waals surface area contributed by atoms with E-state index in [1.54, 1.807) is 23.9 Å². The molecule has 0 aromatic heterocycles. The van der Waals surface area contributed by atoms with Gasteiger partial charge in [-0.3, -0.25) is 0 Å². The first kappa shape index (κ1) is 18.2. The number of hydrogen-bond donors (Lipinski definition) is 1. The average molecular weight is 321 g/mol. The Morgan fingerprint density at radius 2 is 1.76 bits per heavy atom. The molecule has 0 heterocycles. The van der Waals surface area contributed by atoms with Crippen LogP contribution in [-0.4, -0.2) is 23.9 Å². The summed E-state index contributed by atoms with van der Waals surface area (Å²) >= 11 is 1.79. The Bertz CT molecular complexity index is 425. The van der Waals surface area contributed by atoms with Crippen LogP contribution in [0, 0.1) is 0 Å². The predicted molar refractivity (Wildman–Crippen MR) is 81.7 cm³/mol. The summed E-state index contributed by atoms with van der Waals surface area (Å²) in [7, 11) is 0. The molecule has 0 saturated heterocycles. The molecule has 0 fully saturated rings. The fourth-order valence-electron chi connectivity index (χ4n) is 2.16. The summed E-state index contributed by atoms with van der Waals surface area (Å²) in [6.45, 7) is 5.36. The number of thioether (sulfide) groups is 1. The maximum atomic E-state index is 12.4. The van der Waals surface area contributed by atoms with Crippen molar-refractivity contribution in [3.63, 3.8) is 0 Å². The van der Waals surface area contributed by atoms with Crippen LogP contribution in [0.1, 0.15) is 32.3 Å². The van der Waals surface area contributed by atoms with Gasteiger partial charge >= 0.3 is 6.36 Å². The lowest BCUT2D eigenvalue weighted by atomic mass is 10.0.